The molecule has 0 radical (unpaired) electrons. The van der Waals surface area contributed by atoms with Crippen molar-refractivity contribution in [2.45, 2.75) is 32.4 Å². The van der Waals surface area contributed by atoms with Gasteiger partial charge in [0.1, 0.15) is 0 Å². The number of aryl methyl sites for hydroxylation is 2. The van der Waals surface area contributed by atoms with Crippen molar-refractivity contribution < 1.29 is 0 Å². The molecule has 0 aliphatic carbocycles. The molecule has 1 unspecified atom stereocenters. The quantitative estimate of drug-likeness (QED) is 0.391. The molecule has 2 aromatic heterocycles. The summed E-state index contributed by atoms with van der Waals surface area (Å²) in [6.45, 7) is 5.70. The fraction of sp³-hybridized carbons (Fsp3) is 0.588. The van der Waals surface area contributed by atoms with Gasteiger partial charge in [0.2, 0.25) is 0 Å². The zero-order valence-electron chi connectivity index (χ0n) is 15.7. The van der Waals surface area contributed by atoms with Gasteiger partial charge in [0.15, 0.2) is 5.96 Å². The SMILES string of the molecule is CN=C(NCCn1cc(C)cn1)NC1CCCN(c2cnn(C)c2)C1.I. The molecule has 0 bridgehead atoms. The maximum absolute atomic E-state index is 4.35. The normalized spacial score (nSPS) is 17.7. The van der Waals surface area contributed by atoms with Crippen molar-refractivity contribution in [2.75, 3.05) is 31.6 Å². The van der Waals surface area contributed by atoms with Gasteiger partial charge in [-0.3, -0.25) is 14.4 Å². The smallest absolute Gasteiger partial charge is 0.191 e. The summed E-state index contributed by atoms with van der Waals surface area (Å²) in [5, 5.41) is 15.5. The van der Waals surface area contributed by atoms with Crippen LogP contribution in [0.3, 0.4) is 0 Å². The Bertz CT molecular complexity index is 707. The predicted molar refractivity (Wildman–Crippen MR) is 115 cm³/mol. The van der Waals surface area contributed by atoms with Gasteiger partial charge in [0.25, 0.3) is 0 Å². The Morgan fingerprint density at radius 1 is 1.31 bits per heavy atom. The molecule has 9 heteroatoms. The Hall–Kier alpha value is -1.78. The van der Waals surface area contributed by atoms with E-state index in [4.69, 9.17) is 0 Å². The maximum Gasteiger partial charge on any atom is 0.191 e. The summed E-state index contributed by atoms with van der Waals surface area (Å²) in [4.78, 5) is 6.73. The minimum Gasteiger partial charge on any atom is -0.367 e. The van der Waals surface area contributed by atoms with Gasteiger partial charge < -0.3 is 15.5 Å². The summed E-state index contributed by atoms with van der Waals surface area (Å²) in [6.07, 6.45) is 10.2. The van der Waals surface area contributed by atoms with Crippen LogP contribution < -0.4 is 15.5 Å². The standard InChI is InChI=1S/C17H28N8.HI/c1-14-9-21-25(11-14)8-6-19-17(18-2)22-15-5-4-7-24(12-15)16-10-20-23(3)13-16;/h9-11,13,15H,4-8,12H2,1-3H3,(H2,18,19,22);1H. The van der Waals surface area contributed by atoms with Crippen LogP contribution in [-0.4, -0.2) is 58.2 Å². The highest BCUT2D eigenvalue weighted by molar-refractivity contribution is 14.0. The van der Waals surface area contributed by atoms with Crippen molar-refractivity contribution in [1.29, 1.82) is 0 Å². The molecule has 0 spiro atoms. The second-order valence-electron chi connectivity index (χ2n) is 6.58. The zero-order chi connectivity index (χ0) is 17.6. The highest BCUT2D eigenvalue weighted by Gasteiger charge is 2.21. The number of nitrogens with zero attached hydrogens (tertiary/aromatic N) is 6. The van der Waals surface area contributed by atoms with Gasteiger partial charge in [-0.25, -0.2) is 0 Å². The second kappa shape index (κ2) is 9.79. The highest BCUT2D eigenvalue weighted by atomic mass is 127. The molecular weight excluding hydrogens is 443 g/mol. The van der Waals surface area contributed by atoms with Crippen molar-refractivity contribution in [3.05, 3.63) is 30.4 Å². The van der Waals surface area contributed by atoms with Gasteiger partial charge in [-0.15, -0.1) is 24.0 Å². The van der Waals surface area contributed by atoms with Crippen LogP contribution in [0.4, 0.5) is 5.69 Å². The number of guanidine groups is 1. The maximum atomic E-state index is 4.35. The summed E-state index contributed by atoms with van der Waals surface area (Å²) in [5.74, 6) is 0.849. The second-order valence-corrected chi connectivity index (χ2v) is 6.58. The van der Waals surface area contributed by atoms with Gasteiger partial charge in [0.05, 0.1) is 24.6 Å². The first-order chi connectivity index (χ1) is 12.1. The van der Waals surface area contributed by atoms with Crippen molar-refractivity contribution in [3.63, 3.8) is 0 Å². The van der Waals surface area contributed by atoms with Crippen LogP contribution in [0.15, 0.2) is 29.8 Å². The van der Waals surface area contributed by atoms with Gasteiger partial charge in [-0.2, -0.15) is 10.2 Å². The molecule has 3 rings (SSSR count). The summed E-state index contributed by atoms with van der Waals surface area (Å²) in [7, 11) is 3.77. The first-order valence-corrected chi connectivity index (χ1v) is 8.84. The molecule has 2 N–H and O–H groups in total. The molecule has 144 valence electrons. The molecule has 1 aliphatic heterocycles. The minimum atomic E-state index is 0. The first kappa shape index (κ1) is 20.5. The Kier molecular flexibility index (Phi) is 7.73. The number of hydrogen-bond acceptors (Lipinski definition) is 4. The lowest BCUT2D eigenvalue weighted by Crippen LogP contribution is -2.51. The number of aromatic nitrogens is 4. The molecule has 1 saturated heterocycles. The fourth-order valence-electron chi connectivity index (χ4n) is 3.17. The van der Waals surface area contributed by atoms with E-state index in [1.165, 1.54) is 11.3 Å². The molecule has 1 fully saturated rings. The number of nitrogens with one attached hydrogen (secondary N) is 2. The number of aliphatic imine (C=N–C) groups is 1. The van der Waals surface area contributed by atoms with Crippen molar-refractivity contribution >= 4 is 35.6 Å². The fourth-order valence-corrected chi connectivity index (χ4v) is 3.17. The number of hydrogen-bond donors (Lipinski definition) is 2. The summed E-state index contributed by atoms with van der Waals surface area (Å²) >= 11 is 0. The predicted octanol–water partition coefficient (Wildman–Crippen LogP) is 1.38. The lowest BCUT2D eigenvalue weighted by atomic mass is 10.1. The molecule has 26 heavy (non-hydrogen) atoms. The van der Waals surface area contributed by atoms with Crippen LogP contribution in [-0.2, 0) is 13.6 Å². The molecular formula is C17H29IN8. The van der Waals surface area contributed by atoms with Gasteiger partial charge in [-0.05, 0) is 25.3 Å². The minimum absolute atomic E-state index is 0. The Balaban J connectivity index is 0.00000243. The van der Waals surface area contributed by atoms with Crippen molar-refractivity contribution in [2.24, 2.45) is 12.0 Å². The van der Waals surface area contributed by atoms with E-state index in [0.717, 1.165) is 45.0 Å². The number of rotatable bonds is 5. The molecule has 2 aromatic rings. The third-order valence-corrected chi connectivity index (χ3v) is 4.44. The number of anilines is 1. The topological polar surface area (TPSA) is 75.3 Å². The van der Waals surface area contributed by atoms with Crippen LogP contribution in [0.1, 0.15) is 18.4 Å². The summed E-state index contributed by atoms with van der Waals surface area (Å²) < 4.78 is 3.80. The third-order valence-electron chi connectivity index (χ3n) is 4.44. The van der Waals surface area contributed by atoms with E-state index >= 15 is 0 Å². The molecule has 0 amide bonds. The van der Waals surface area contributed by atoms with E-state index in [2.05, 4.69) is 43.8 Å². The molecule has 0 aromatic carbocycles. The Morgan fingerprint density at radius 2 is 2.15 bits per heavy atom. The van der Waals surface area contributed by atoms with E-state index in [1.807, 2.05) is 42.0 Å². The van der Waals surface area contributed by atoms with Gasteiger partial charge in [-0.1, -0.05) is 0 Å². The number of piperidine rings is 1. The van der Waals surface area contributed by atoms with Crippen LogP contribution in [0, 0.1) is 6.92 Å². The molecule has 1 aliphatic rings. The van der Waals surface area contributed by atoms with E-state index in [9.17, 15) is 0 Å². The summed E-state index contributed by atoms with van der Waals surface area (Å²) in [6, 6.07) is 0.382. The molecule has 8 nitrogen and oxygen atoms in total. The Labute approximate surface area is 172 Å². The lowest BCUT2D eigenvalue weighted by molar-refractivity contribution is 0.466. The zero-order valence-corrected chi connectivity index (χ0v) is 18.1. The number of halogens is 1. The van der Waals surface area contributed by atoms with Crippen LogP contribution in [0.5, 0.6) is 0 Å². The third kappa shape index (κ3) is 5.61. The van der Waals surface area contributed by atoms with E-state index in [1.54, 1.807) is 0 Å². The van der Waals surface area contributed by atoms with Crippen molar-refractivity contribution in [1.82, 2.24) is 30.2 Å². The average Bonchev–Trinajstić information content (AvgIpc) is 3.22. The average molecular weight is 472 g/mol. The van der Waals surface area contributed by atoms with Crippen LogP contribution >= 0.6 is 24.0 Å². The highest BCUT2D eigenvalue weighted by Crippen LogP contribution is 2.18. The van der Waals surface area contributed by atoms with Gasteiger partial charge in [0, 0.05) is 52.2 Å². The van der Waals surface area contributed by atoms with Gasteiger partial charge >= 0.3 is 0 Å². The molecule has 0 saturated carbocycles. The lowest BCUT2D eigenvalue weighted by Gasteiger charge is -2.34. The largest absolute Gasteiger partial charge is 0.367 e. The van der Waals surface area contributed by atoms with E-state index < -0.39 is 0 Å². The molecule has 3 heterocycles. The van der Waals surface area contributed by atoms with Crippen LogP contribution in [0.2, 0.25) is 0 Å². The first-order valence-electron chi connectivity index (χ1n) is 8.84. The monoisotopic (exact) mass is 472 g/mol. The van der Waals surface area contributed by atoms with Crippen LogP contribution in [0.25, 0.3) is 0 Å². The molecule has 1 atom stereocenters. The van der Waals surface area contributed by atoms with E-state index in [-0.39, 0.29) is 24.0 Å². The Morgan fingerprint density at radius 3 is 2.81 bits per heavy atom. The van der Waals surface area contributed by atoms with Crippen molar-refractivity contribution in [3.8, 4) is 0 Å². The summed E-state index contributed by atoms with van der Waals surface area (Å²) in [5.41, 5.74) is 2.37. The van der Waals surface area contributed by atoms with E-state index in [0.29, 0.717) is 6.04 Å².